The standard InChI is InChI=1S/C13H21ClN4O/c1-9-6-10(4-5-18(9)2)15-12-7-11(14)16-13(17-12)8-19-3/h7,9-10H,4-6,8H2,1-3H3,(H,15,16,17). The summed E-state index contributed by atoms with van der Waals surface area (Å²) in [6, 6.07) is 2.79. The molecule has 0 aromatic carbocycles. The van der Waals surface area contributed by atoms with E-state index in [0.29, 0.717) is 29.7 Å². The molecule has 2 atom stereocenters. The fraction of sp³-hybridized carbons (Fsp3) is 0.692. The molecule has 1 saturated heterocycles. The van der Waals surface area contributed by atoms with Crippen molar-refractivity contribution in [1.29, 1.82) is 0 Å². The fourth-order valence-corrected chi connectivity index (χ4v) is 2.56. The summed E-state index contributed by atoms with van der Waals surface area (Å²) in [5.74, 6) is 1.40. The summed E-state index contributed by atoms with van der Waals surface area (Å²) in [5.41, 5.74) is 0. The van der Waals surface area contributed by atoms with Crippen LogP contribution in [0.25, 0.3) is 0 Å². The number of nitrogens with zero attached hydrogens (tertiary/aromatic N) is 3. The van der Waals surface area contributed by atoms with Crippen molar-refractivity contribution in [2.24, 2.45) is 0 Å². The minimum absolute atomic E-state index is 0.374. The molecule has 1 fully saturated rings. The molecule has 19 heavy (non-hydrogen) atoms. The minimum Gasteiger partial charge on any atom is -0.377 e. The molecule has 0 aliphatic carbocycles. The number of methoxy groups -OCH3 is 1. The van der Waals surface area contributed by atoms with Crippen molar-refractivity contribution in [2.45, 2.75) is 38.5 Å². The van der Waals surface area contributed by atoms with Gasteiger partial charge in [-0.25, -0.2) is 9.97 Å². The number of hydrogen-bond donors (Lipinski definition) is 1. The van der Waals surface area contributed by atoms with Crippen molar-refractivity contribution in [1.82, 2.24) is 14.9 Å². The number of anilines is 1. The average Bonchev–Trinajstić information content (AvgIpc) is 2.33. The lowest BCUT2D eigenvalue weighted by atomic mass is 9.99. The maximum atomic E-state index is 6.00. The van der Waals surface area contributed by atoms with Crippen LogP contribution >= 0.6 is 11.6 Å². The van der Waals surface area contributed by atoms with Gasteiger partial charge in [-0.15, -0.1) is 0 Å². The zero-order valence-electron chi connectivity index (χ0n) is 11.7. The smallest absolute Gasteiger partial charge is 0.158 e. The van der Waals surface area contributed by atoms with Gasteiger partial charge in [0.1, 0.15) is 17.6 Å². The van der Waals surface area contributed by atoms with E-state index in [1.54, 1.807) is 13.2 Å². The highest BCUT2D eigenvalue weighted by atomic mass is 35.5. The van der Waals surface area contributed by atoms with Gasteiger partial charge >= 0.3 is 0 Å². The first-order valence-corrected chi connectivity index (χ1v) is 6.95. The molecule has 1 N–H and O–H groups in total. The molecule has 0 spiro atoms. The van der Waals surface area contributed by atoms with E-state index < -0.39 is 0 Å². The van der Waals surface area contributed by atoms with E-state index in [-0.39, 0.29) is 0 Å². The molecule has 0 amide bonds. The van der Waals surface area contributed by atoms with Crippen molar-refractivity contribution < 1.29 is 4.74 Å². The van der Waals surface area contributed by atoms with Gasteiger partial charge in [0.15, 0.2) is 5.82 Å². The number of aromatic nitrogens is 2. The van der Waals surface area contributed by atoms with Gasteiger partial charge in [0.2, 0.25) is 0 Å². The van der Waals surface area contributed by atoms with Crippen LogP contribution in [0.2, 0.25) is 5.15 Å². The first-order chi connectivity index (χ1) is 9.08. The van der Waals surface area contributed by atoms with Gasteiger partial charge in [0.05, 0.1) is 0 Å². The summed E-state index contributed by atoms with van der Waals surface area (Å²) in [7, 11) is 3.79. The van der Waals surface area contributed by atoms with E-state index in [1.807, 2.05) is 0 Å². The first-order valence-electron chi connectivity index (χ1n) is 6.57. The third kappa shape index (κ3) is 4.03. The second-order valence-corrected chi connectivity index (χ2v) is 5.51. The van der Waals surface area contributed by atoms with Gasteiger partial charge in [-0.1, -0.05) is 11.6 Å². The lowest BCUT2D eigenvalue weighted by Crippen LogP contribution is -2.42. The topological polar surface area (TPSA) is 50.3 Å². The molecule has 0 radical (unpaired) electrons. The van der Waals surface area contributed by atoms with E-state index in [4.69, 9.17) is 16.3 Å². The van der Waals surface area contributed by atoms with Gasteiger partial charge in [-0.05, 0) is 26.8 Å². The van der Waals surface area contributed by atoms with Crippen molar-refractivity contribution in [3.05, 3.63) is 17.0 Å². The summed E-state index contributed by atoms with van der Waals surface area (Å²) < 4.78 is 5.04. The highest BCUT2D eigenvalue weighted by Gasteiger charge is 2.23. The second kappa shape index (κ2) is 6.50. The van der Waals surface area contributed by atoms with Crippen molar-refractivity contribution >= 4 is 17.4 Å². The maximum absolute atomic E-state index is 6.00. The highest BCUT2D eigenvalue weighted by Crippen LogP contribution is 2.20. The SMILES string of the molecule is COCc1nc(Cl)cc(NC2CCN(C)C(C)C2)n1. The summed E-state index contributed by atoms with van der Waals surface area (Å²) in [6.45, 7) is 3.72. The number of nitrogens with one attached hydrogen (secondary N) is 1. The summed E-state index contributed by atoms with van der Waals surface area (Å²) in [5, 5.41) is 3.90. The number of ether oxygens (including phenoxy) is 1. The molecule has 0 bridgehead atoms. The molecule has 1 aromatic heterocycles. The van der Waals surface area contributed by atoms with Crippen LogP contribution < -0.4 is 5.32 Å². The predicted octanol–water partition coefficient (Wildman–Crippen LogP) is 2.17. The minimum atomic E-state index is 0.374. The maximum Gasteiger partial charge on any atom is 0.158 e. The summed E-state index contributed by atoms with van der Waals surface area (Å²) in [4.78, 5) is 10.9. The summed E-state index contributed by atoms with van der Waals surface area (Å²) >= 11 is 6.00. The molecule has 2 unspecified atom stereocenters. The monoisotopic (exact) mass is 284 g/mol. The van der Waals surface area contributed by atoms with Crippen molar-refractivity contribution in [2.75, 3.05) is 26.0 Å². The molecule has 1 aliphatic heterocycles. The van der Waals surface area contributed by atoms with E-state index in [1.165, 1.54) is 0 Å². The third-order valence-corrected chi connectivity index (χ3v) is 3.77. The van der Waals surface area contributed by atoms with E-state index in [2.05, 4.69) is 34.2 Å². The number of likely N-dealkylation sites (tertiary alicyclic amines) is 1. The summed E-state index contributed by atoms with van der Waals surface area (Å²) in [6.07, 6.45) is 2.22. The van der Waals surface area contributed by atoms with Crippen LogP contribution in [-0.4, -0.2) is 47.7 Å². The zero-order valence-corrected chi connectivity index (χ0v) is 12.4. The molecule has 106 valence electrons. The van der Waals surface area contributed by atoms with Crippen LogP contribution in [0.1, 0.15) is 25.6 Å². The Labute approximate surface area is 119 Å². The quantitative estimate of drug-likeness (QED) is 0.859. The lowest BCUT2D eigenvalue weighted by molar-refractivity contribution is 0.177. The number of hydrogen-bond acceptors (Lipinski definition) is 5. The van der Waals surface area contributed by atoms with Gasteiger partial charge in [-0.3, -0.25) is 0 Å². The molecule has 2 heterocycles. The molecule has 0 saturated carbocycles. The molecule has 5 nitrogen and oxygen atoms in total. The Bertz CT molecular complexity index is 429. The second-order valence-electron chi connectivity index (χ2n) is 5.12. The Hall–Kier alpha value is -0.910. The van der Waals surface area contributed by atoms with E-state index in [0.717, 1.165) is 25.2 Å². The Morgan fingerprint density at radius 1 is 1.53 bits per heavy atom. The van der Waals surface area contributed by atoms with E-state index >= 15 is 0 Å². The fourth-order valence-electron chi connectivity index (χ4n) is 2.36. The van der Waals surface area contributed by atoms with Crippen LogP contribution in [0.5, 0.6) is 0 Å². The molecular formula is C13H21ClN4O. The first kappa shape index (κ1) is 14.5. The molecule has 6 heteroatoms. The Morgan fingerprint density at radius 2 is 2.32 bits per heavy atom. The van der Waals surface area contributed by atoms with Gasteiger partial charge in [-0.2, -0.15) is 0 Å². The third-order valence-electron chi connectivity index (χ3n) is 3.57. The number of piperidine rings is 1. The van der Waals surface area contributed by atoms with Crippen LogP contribution in [0.4, 0.5) is 5.82 Å². The van der Waals surface area contributed by atoms with Gasteiger partial charge < -0.3 is 15.0 Å². The van der Waals surface area contributed by atoms with Crippen LogP contribution in [0, 0.1) is 0 Å². The predicted molar refractivity (Wildman–Crippen MR) is 76.5 cm³/mol. The van der Waals surface area contributed by atoms with Crippen LogP contribution in [-0.2, 0) is 11.3 Å². The average molecular weight is 285 g/mol. The van der Waals surface area contributed by atoms with Crippen LogP contribution in [0.3, 0.4) is 0 Å². The Morgan fingerprint density at radius 3 is 3.00 bits per heavy atom. The molecular weight excluding hydrogens is 264 g/mol. The normalized spacial score (nSPS) is 24.4. The highest BCUT2D eigenvalue weighted by molar-refractivity contribution is 6.29. The zero-order chi connectivity index (χ0) is 13.8. The molecule has 1 aliphatic rings. The van der Waals surface area contributed by atoms with E-state index in [9.17, 15) is 0 Å². The Kier molecular flexibility index (Phi) is 4.96. The van der Waals surface area contributed by atoms with Crippen LogP contribution in [0.15, 0.2) is 6.07 Å². The van der Waals surface area contributed by atoms with Crippen molar-refractivity contribution in [3.8, 4) is 0 Å². The lowest BCUT2D eigenvalue weighted by Gasteiger charge is -2.35. The van der Waals surface area contributed by atoms with Gasteiger partial charge in [0, 0.05) is 31.8 Å². The van der Waals surface area contributed by atoms with Crippen molar-refractivity contribution in [3.63, 3.8) is 0 Å². The van der Waals surface area contributed by atoms with Gasteiger partial charge in [0.25, 0.3) is 0 Å². The molecule has 1 aromatic rings. The number of halogens is 1. The number of rotatable bonds is 4. The largest absolute Gasteiger partial charge is 0.377 e. The molecule has 2 rings (SSSR count). The Balaban J connectivity index is 2.02.